The molecule has 0 aromatic carbocycles. The molecule has 0 radical (unpaired) electrons. The fourth-order valence-electron chi connectivity index (χ4n) is 2.63. The third-order valence-corrected chi connectivity index (χ3v) is 4.60. The van der Waals surface area contributed by atoms with Gasteiger partial charge in [0.1, 0.15) is 5.01 Å². The molecule has 0 saturated heterocycles. The predicted octanol–water partition coefficient (Wildman–Crippen LogP) is 2.46. The zero-order valence-corrected chi connectivity index (χ0v) is 12.1. The highest BCUT2D eigenvalue weighted by molar-refractivity contribution is 7.13. The molecule has 1 saturated carbocycles. The van der Waals surface area contributed by atoms with E-state index in [-0.39, 0.29) is 6.10 Å². The second-order valence-electron chi connectivity index (χ2n) is 5.32. The fraction of sp³-hybridized carbons (Fsp3) is 0.467. The van der Waals surface area contributed by atoms with Crippen LogP contribution in [0.1, 0.15) is 25.0 Å². The normalized spacial score (nSPS) is 22.2. The molecule has 4 nitrogen and oxygen atoms in total. The molecule has 5 heteroatoms. The first-order valence-corrected chi connectivity index (χ1v) is 7.94. The number of rotatable bonds is 5. The summed E-state index contributed by atoms with van der Waals surface area (Å²) in [7, 11) is 0. The lowest BCUT2D eigenvalue weighted by Gasteiger charge is -2.09. The molecule has 2 heterocycles. The van der Waals surface area contributed by atoms with Crippen LogP contribution in [-0.2, 0) is 6.54 Å². The van der Waals surface area contributed by atoms with Crippen molar-refractivity contribution in [2.24, 2.45) is 5.92 Å². The lowest BCUT2D eigenvalue weighted by molar-refractivity contribution is 0.177. The molecule has 1 aliphatic carbocycles. The Bertz CT molecular complexity index is 543. The largest absolute Gasteiger partial charge is 0.393 e. The maximum atomic E-state index is 9.50. The molecule has 0 spiro atoms. The van der Waals surface area contributed by atoms with E-state index in [9.17, 15) is 5.11 Å². The molecule has 1 fully saturated rings. The third kappa shape index (κ3) is 3.42. The highest BCUT2D eigenvalue weighted by Gasteiger charge is 2.22. The molecule has 106 valence electrons. The number of nitrogens with one attached hydrogen (secondary N) is 1. The quantitative estimate of drug-likeness (QED) is 0.887. The summed E-state index contributed by atoms with van der Waals surface area (Å²) >= 11 is 1.63. The van der Waals surface area contributed by atoms with Crippen LogP contribution >= 0.6 is 11.3 Å². The van der Waals surface area contributed by atoms with Gasteiger partial charge in [0.05, 0.1) is 17.5 Å². The van der Waals surface area contributed by atoms with Gasteiger partial charge in [0.15, 0.2) is 0 Å². The van der Waals surface area contributed by atoms with Crippen LogP contribution in [0.5, 0.6) is 0 Å². The van der Waals surface area contributed by atoms with E-state index in [0.29, 0.717) is 5.92 Å². The van der Waals surface area contributed by atoms with Gasteiger partial charge in [0.25, 0.3) is 0 Å². The monoisotopic (exact) mass is 289 g/mol. The molecule has 0 aliphatic heterocycles. The van der Waals surface area contributed by atoms with Crippen molar-refractivity contribution in [1.29, 1.82) is 0 Å². The lowest BCUT2D eigenvalue weighted by atomic mass is 10.1. The first-order valence-electron chi connectivity index (χ1n) is 7.06. The molecular weight excluding hydrogens is 270 g/mol. The van der Waals surface area contributed by atoms with Crippen LogP contribution in [0.3, 0.4) is 0 Å². The van der Waals surface area contributed by atoms with Gasteiger partial charge in [-0.3, -0.25) is 4.98 Å². The maximum absolute atomic E-state index is 9.50. The number of nitrogens with zero attached hydrogens (tertiary/aromatic N) is 2. The molecular formula is C15H19N3OS. The first kappa shape index (κ1) is 13.7. The summed E-state index contributed by atoms with van der Waals surface area (Å²) in [6.45, 7) is 1.75. The topological polar surface area (TPSA) is 58.0 Å². The first-order chi connectivity index (χ1) is 9.81. The lowest BCUT2D eigenvalue weighted by Crippen LogP contribution is -2.21. The molecule has 2 aromatic heterocycles. The van der Waals surface area contributed by atoms with Gasteiger partial charge in [-0.05, 0) is 43.9 Å². The van der Waals surface area contributed by atoms with E-state index in [1.54, 1.807) is 17.5 Å². The second kappa shape index (κ2) is 6.43. The van der Waals surface area contributed by atoms with Crippen LogP contribution in [-0.4, -0.2) is 27.7 Å². The van der Waals surface area contributed by atoms with Crippen molar-refractivity contribution < 1.29 is 5.11 Å². The van der Waals surface area contributed by atoms with Crippen molar-refractivity contribution in [3.05, 3.63) is 35.5 Å². The van der Waals surface area contributed by atoms with Crippen LogP contribution in [0.15, 0.2) is 29.8 Å². The average Bonchev–Trinajstić information content (AvgIpc) is 3.09. The third-order valence-electron chi connectivity index (χ3n) is 3.69. The van der Waals surface area contributed by atoms with Crippen molar-refractivity contribution in [2.75, 3.05) is 6.54 Å². The van der Waals surface area contributed by atoms with Crippen molar-refractivity contribution in [2.45, 2.75) is 31.9 Å². The van der Waals surface area contributed by atoms with Gasteiger partial charge in [-0.2, -0.15) is 0 Å². The molecule has 2 N–H and O–H groups in total. The molecule has 1 aliphatic rings. The molecule has 2 atom stereocenters. The Hall–Kier alpha value is -1.30. The van der Waals surface area contributed by atoms with E-state index in [2.05, 4.69) is 20.7 Å². The second-order valence-corrected chi connectivity index (χ2v) is 6.18. The Labute approximate surface area is 122 Å². The molecule has 2 aromatic rings. The summed E-state index contributed by atoms with van der Waals surface area (Å²) < 4.78 is 0. The van der Waals surface area contributed by atoms with Gasteiger partial charge >= 0.3 is 0 Å². The van der Waals surface area contributed by atoms with Crippen LogP contribution < -0.4 is 5.32 Å². The number of aromatic nitrogens is 2. The number of thiazole rings is 1. The fourth-order valence-corrected chi connectivity index (χ4v) is 3.43. The summed E-state index contributed by atoms with van der Waals surface area (Å²) in [6, 6.07) is 5.87. The average molecular weight is 289 g/mol. The summed E-state index contributed by atoms with van der Waals surface area (Å²) in [5.41, 5.74) is 2.00. The number of aliphatic hydroxyl groups excluding tert-OH is 1. The summed E-state index contributed by atoms with van der Waals surface area (Å²) in [5.74, 6) is 0.610. The number of hydrogen-bond acceptors (Lipinski definition) is 5. The zero-order chi connectivity index (χ0) is 13.8. The minimum absolute atomic E-state index is 0.0863. The Morgan fingerprint density at radius 1 is 1.35 bits per heavy atom. The Balaban J connectivity index is 1.50. The molecule has 0 amide bonds. The van der Waals surface area contributed by atoms with Crippen LogP contribution in [0.25, 0.3) is 10.7 Å². The Morgan fingerprint density at radius 2 is 2.30 bits per heavy atom. The Morgan fingerprint density at radius 3 is 3.05 bits per heavy atom. The Kier molecular flexibility index (Phi) is 4.40. The summed E-state index contributed by atoms with van der Waals surface area (Å²) in [4.78, 5) is 8.92. The maximum Gasteiger partial charge on any atom is 0.142 e. The molecule has 2 unspecified atom stereocenters. The predicted molar refractivity (Wildman–Crippen MR) is 80.4 cm³/mol. The molecule has 20 heavy (non-hydrogen) atoms. The minimum atomic E-state index is -0.0863. The van der Waals surface area contributed by atoms with E-state index in [0.717, 1.165) is 48.7 Å². The summed E-state index contributed by atoms with van der Waals surface area (Å²) in [6.07, 6.45) is 4.72. The van der Waals surface area contributed by atoms with E-state index in [1.165, 1.54) is 0 Å². The smallest absolute Gasteiger partial charge is 0.142 e. The zero-order valence-electron chi connectivity index (χ0n) is 11.3. The summed E-state index contributed by atoms with van der Waals surface area (Å²) in [5, 5.41) is 16.0. The van der Waals surface area contributed by atoms with Crippen LogP contribution in [0.4, 0.5) is 0 Å². The SMILES string of the molecule is OC1CCC(CNCc2csc(-c3ccccn3)n2)C1. The number of aliphatic hydroxyl groups is 1. The number of hydrogen-bond donors (Lipinski definition) is 2. The van der Waals surface area contributed by atoms with Gasteiger partial charge in [0.2, 0.25) is 0 Å². The van der Waals surface area contributed by atoms with Crippen LogP contribution in [0.2, 0.25) is 0 Å². The number of pyridine rings is 1. The van der Waals surface area contributed by atoms with Gasteiger partial charge in [-0.1, -0.05) is 6.07 Å². The highest BCUT2D eigenvalue weighted by atomic mass is 32.1. The van der Waals surface area contributed by atoms with E-state index in [4.69, 9.17) is 0 Å². The van der Waals surface area contributed by atoms with Crippen molar-refractivity contribution in [1.82, 2.24) is 15.3 Å². The van der Waals surface area contributed by atoms with Crippen molar-refractivity contribution >= 4 is 11.3 Å². The van der Waals surface area contributed by atoms with Gasteiger partial charge in [-0.15, -0.1) is 11.3 Å². The standard InChI is InChI=1S/C15H19N3OS/c19-13-5-4-11(7-13)8-16-9-12-10-20-15(18-12)14-3-1-2-6-17-14/h1-3,6,10-11,13,16,19H,4-5,7-9H2. The minimum Gasteiger partial charge on any atom is -0.393 e. The molecule has 0 bridgehead atoms. The van der Waals surface area contributed by atoms with Crippen molar-refractivity contribution in [3.63, 3.8) is 0 Å². The van der Waals surface area contributed by atoms with Crippen molar-refractivity contribution in [3.8, 4) is 10.7 Å². The van der Waals surface area contributed by atoms with E-state index in [1.807, 2.05) is 18.2 Å². The highest BCUT2D eigenvalue weighted by Crippen LogP contribution is 2.25. The van der Waals surface area contributed by atoms with Gasteiger partial charge in [-0.25, -0.2) is 4.98 Å². The van der Waals surface area contributed by atoms with Gasteiger partial charge in [0, 0.05) is 18.1 Å². The molecule has 3 rings (SSSR count). The van der Waals surface area contributed by atoms with E-state index >= 15 is 0 Å². The van der Waals surface area contributed by atoms with Crippen LogP contribution in [0, 0.1) is 5.92 Å². The van der Waals surface area contributed by atoms with Gasteiger partial charge < -0.3 is 10.4 Å². The van der Waals surface area contributed by atoms with E-state index < -0.39 is 0 Å².